The average Bonchev–Trinajstić information content (AvgIpc) is 3.33. The molecule has 1 N–H and O–H groups in total. The SMILES string of the molecule is O=S(=O)(c1ccc(NC2CC3CN(Cc4ccccn4)CC3C2)nn1)C1CCCCC1. The standard InChI is InChI=1S/C23H31N5O2S/c29-31(30,21-7-2-1-3-8-21)23-10-9-22(26-27-23)25-20-12-17-14-28(15-18(17)13-20)16-19-6-4-5-11-24-19/h4-6,9-11,17-18,20-21H,1-3,7-8,12-16H2,(H,25,26). The summed E-state index contributed by atoms with van der Waals surface area (Å²) >= 11 is 0. The lowest BCUT2D eigenvalue weighted by Crippen LogP contribution is -2.26. The van der Waals surface area contributed by atoms with Gasteiger partial charge in [-0.25, -0.2) is 8.42 Å². The van der Waals surface area contributed by atoms with Crippen molar-refractivity contribution in [2.75, 3.05) is 18.4 Å². The Labute approximate surface area is 184 Å². The summed E-state index contributed by atoms with van der Waals surface area (Å²) < 4.78 is 25.6. The molecule has 7 nitrogen and oxygen atoms in total. The van der Waals surface area contributed by atoms with Crippen LogP contribution in [0.3, 0.4) is 0 Å². The molecule has 1 saturated heterocycles. The van der Waals surface area contributed by atoms with Crippen LogP contribution in [-0.4, -0.2) is 52.9 Å². The molecule has 2 unspecified atom stereocenters. The fraction of sp³-hybridized carbons (Fsp3) is 0.609. The lowest BCUT2D eigenvalue weighted by Gasteiger charge is -2.21. The Morgan fingerprint density at radius 2 is 1.74 bits per heavy atom. The highest BCUT2D eigenvalue weighted by atomic mass is 32.2. The van der Waals surface area contributed by atoms with Crippen molar-refractivity contribution in [2.24, 2.45) is 11.8 Å². The van der Waals surface area contributed by atoms with E-state index < -0.39 is 9.84 Å². The van der Waals surface area contributed by atoms with Gasteiger partial charge in [0, 0.05) is 31.9 Å². The molecular formula is C23H31N5O2S. The van der Waals surface area contributed by atoms with E-state index in [1.165, 1.54) is 0 Å². The van der Waals surface area contributed by atoms with E-state index >= 15 is 0 Å². The fourth-order valence-corrected chi connectivity index (χ4v) is 7.38. The van der Waals surface area contributed by atoms with Crippen LogP contribution in [0.4, 0.5) is 5.82 Å². The second-order valence-electron chi connectivity index (χ2n) is 9.41. The van der Waals surface area contributed by atoms with E-state index in [1.807, 2.05) is 18.3 Å². The van der Waals surface area contributed by atoms with Gasteiger partial charge < -0.3 is 5.32 Å². The van der Waals surface area contributed by atoms with Crippen molar-refractivity contribution < 1.29 is 8.42 Å². The number of hydrogen-bond acceptors (Lipinski definition) is 7. The summed E-state index contributed by atoms with van der Waals surface area (Å²) in [6.07, 6.45) is 8.68. The minimum atomic E-state index is -3.36. The summed E-state index contributed by atoms with van der Waals surface area (Å²) in [5.74, 6) is 2.07. The smallest absolute Gasteiger partial charge is 0.200 e. The van der Waals surface area contributed by atoms with Crippen LogP contribution >= 0.6 is 0 Å². The van der Waals surface area contributed by atoms with Crippen LogP contribution in [-0.2, 0) is 16.4 Å². The highest BCUT2D eigenvalue weighted by molar-refractivity contribution is 7.92. The van der Waals surface area contributed by atoms with Gasteiger partial charge in [-0.3, -0.25) is 9.88 Å². The van der Waals surface area contributed by atoms with Gasteiger partial charge >= 0.3 is 0 Å². The van der Waals surface area contributed by atoms with E-state index in [0.717, 1.165) is 70.3 Å². The van der Waals surface area contributed by atoms with Crippen molar-refractivity contribution in [3.63, 3.8) is 0 Å². The van der Waals surface area contributed by atoms with E-state index in [4.69, 9.17) is 0 Å². The van der Waals surface area contributed by atoms with Crippen molar-refractivity contribution >= 4 is 15.7 Å². The van der Waals surface area contributed by atoms with Gasteiger partial charge in [-0.1, -0.05) is 25.3 Å². The molecule has 31 heavy (non-hydrogen) atoms. The zero-order valence-corrected chi connectivity index (χ0v) is 18.7. The first-order valence-electron chi connectivity index (χ1n) is 11.5. The van der Waals surface area contributed by atoms with E-state index in [9.17, 15) is 8.42 Å². The molecule has 3 aliphatic rings. The monoisotopic (exact) mass is 441 g/mol. The summed E-state index contributed by atoms with van der Waals surface area (Å²) in [6, 6.07) is 9.89. The highest BCUT2D eigenvalue weighted by Crippen LogP contribution is 2.39. The van der Waals surface area contributed by atoms with Crippen LogP contribution in [0.5, 0.6) is 0 Å². The van der Waals surface area contributed by atoms with Crippen LogP contribution in [0, 0.1) is 11.8 Å². The summed E-state index contributed by atoms with van der Waals surface area (Å²) in [7, 11) is -3.36. The van der Waals surface area contributed by atoms with Crippen molar-refractivity contribution in [1.29, 1.82) is 0 Å². The van der Waals surface area contributed by atoms with E-state index in [1.54, 1.807) is 12.1 Å². The zero-order valence-electron chi connectivity index (χ0n) is 17.9. The minimum Gasteiger partial charge on any atom is -0.366 e. The molecule has 0 aromatic carbocycles. The van der Waals surface area contributed by atoms with Crippen LogP contribution < -0.4 is 5.32 Å². The third-order valence-corrected chi connectivity index (χ3v) is 9.36. The summed E-state index contributed by atoms with van der Waals surface area (Å²) in [5.41, 5.74) is 1.13. The maximum atomic E-state index is 12.8. The van der Waals surface area contributed by atoms with Crippen LogP contribution in [0.15, 0.2) is 41.6 Å². The molecule has 2 aromatic rings. The number of hydrogen-bond donors (Lipinski definition) is 1. The lowest BCUT2D eigenvalue weighted by molar-refractivity contribution is 0.297. The van der Waals surface area contributed by atoms with Crippen LogP contribution in [0.25, 0.3) is 0 Å². The van der Waals surface area contributed by atoms with Crippen LogP contribution in [0.2, 0.25) is 0 Å². The maximum Gasteiger partial charge on any atom is 0.200 e. The Hall–Kier alpha value is -2.06. The van der Waals surface area contributed by atoms with Crippen molar-refractivity contribution in [2.45, 2.75) is 67.8 Å². The highest BCUT2D eigenvalue weighted by Gasteiger charge is 2.41. The molecule has 0 bridgehead atoms. The summed E-state index contributed by atoms with van der Waals surface area (Å²) in [5, 5.41) is 11.6. The van der Waals surface area contributed by atoms with E-state index in [2.05, 4.69) is 31.5 Å². The molecule has 3 heterocycles. The third-order valence-electron chi connectivity index (χ3n) is 7.21. The molecule has 0 amide bonds. The Morgan fingerprint density at radius 3 is 2.39 bits per heavy atom. The van der Waals surface area contributed by atoms with Gasteiger partial charge in [0.2, 0.25) is 0 Å². The number of fused-ring (bicyclic) bond motifs is 1. The predicted molar refractivity (Wildman–Crippen MR) is 119 cm³/mol. The molecule has 3 fully saturated rings. The van der Waals surface area contributed by atoms with Gasteiger partial charge in [0.15, 0.2) is 14.9 Å². The summed E-state index contributed by atoms with van der Waals surface area (Å²) in [4.78, 5) is 6.96. The largest absolute Gasteiger partial charge is 0.366 e. The van der Waals surface area contributed by atoms with Crippen molar-refractivity contribution in [1.82, 2.24) is 20.1 Å². The fourth-order valence-electron chi connectivity index (χ4n) is 5.67. The number of anilines is 1. The zero-order chi connectivity index (χ0) is 21.3. The topological polar surface area (TPSA) is 88.1 Å². The molecule has 2 aromatic heterocycles. The Morgan fingerprint density at radius 1 is 0.968 bits per heavy atom. The Bertz CT molecular complexity index is 963. The molecule has 0 radical (unpaired) electrons. The normalized spacial score (nSPS) is 27.3. The molecule has 166 valence electrons. The Kier molecular flexibility index (Phi) is 5.93. The average molecular weight is 442 g/mol. The first-order valence-corrected chi connectivity index (χ1v) is 13.1. The van der Waals surface area contributed by atoms with Gasteiger partial charge in [-0.2, -0.15) is 0 Å². The number of likely N-dealkylation sites (tertiary alicyclic amines) is 1. The molecule has 1 aliphatic heterocycles. The molecular weight excluding hydrogens is 410 g/mol. The van der Waals surface area contributed by atoms with Gasteiger partial charge in [-0.05, 0) is 61.8 Å². The van der Waals surface area contributed by atoms with E-state index in [-0.39, 0.29) is 10.3 Å². The van der Waals surface area contributed by atoms with Gasteiger partial charge in [0.1, 0.15) is 5.82 Å². The number of nitrogens with zero attached hydrogens (tertiary/aromatic N) is 4. The number of rotatable bonds is 6. The molecule has 8 heteroatoms. The minimum absolute atomic E-state index is 0.124. The second kappa shape index (κ2) is 8.82. The molecule has 0 spiro atoms. The molecule has 5 rings (SSSR count). The third kappa shape index (κ3) is 4.60. The van der Waals surface area contributed by atoms with Gasteiger partial charge in [0.25, 0.3) is 0 Å². The van der Waals surface area contributed by atoms with Crippen molar-refractivity contribution in [3.8, 4) is 0 Å². The molecule has 2 atom stereocenters. The first kappa shape index (κ1) is 20.8. The second-order valence-corrected chi connectivity index (χ2v) is 11.6. The lowest BCUT2D eigenvalue weighted by atomic mass is 10.0. The maximum absolute atomic E-state index is 12.8. The van der Waals surface area contributed by atoms with Gasteiger partial charge in [0.05, 0.1) is 10.9 Å². The van der Waals surface area contributed by atoms with Crippen molar-refractivity contribution in [3.05, 3.63) is 42.2 Å². The van der Waals surface area contributed by atoms with Gasteiger partial charge in [-0.15, -0.1) is 10.2 Å². The number of pyridine rings is 1. The van der Waals surface area contributed by atoms with E-state index in [0.29, 0.717) is 23.7 Å². The number of aromatic nitrogens is 3. The van der Waals surface area contributed by atoms with Crippen LogP contribution in [0.1, 0.15) is 50.6 Å². The summed E-state index contributed by atoms with van der Waals surface area (Å²) in [6.45, 7) is 3.15. The molecule has 2 saturated carbocycles. The quantitative estimate of drug-likeness (QED) is 0.736. The predicted octanol–water partition coefficient (Wildman–Crippen LogP) is 3.30. The Balaban J connectivity index is 1.14. The number of nitrogens with one attached hydrogen (secondary N) is 1. The first-order chi connectivity index (χ1) is 15.1. The number of sulfone groups is 1. The molecule has 2 aliphatic carbocycles.